The number of hydrogen-bond acceptors (Lipinski definition) is 6. The molecule has 2 N–H and O–H groups in total. The Bertz CT molecular complexity index is 1040. The summed E-state index contributed by atoms with van der Waals surface area (Å²) in [7, 11) is -3.47. The lowest BCUT2D eigenvalue weighted by atomic mass is 9.97. The number of carbonyl (C=O) groups is 2. The van der Waals surface area contributed by atoms with Crippen molar-refractivity contribution in [2.75, 3.05) is 36.8 Å². The average Bonchev–Trinajstić information content (AvgIpc) is 3.15. The van der Waals surface area contributed by atoms with Crippen LogP contribution in [0.4, 0.5) is 10.8 Å². The Kier molecular flexibility index (Phi) is 7.63. The predicted octanol–water partition coefficient (Wildman–Crippen LogP) is 2.88. The van der Waals surface area contributed by atoms with Crippen molar-refractivity contribution in [3.8, 4) is 0 Å². The third kappa shape index (κ3) is 5.40. The van der Waals surface area contributed by atoms with Gasteiger partial charge in [0.1, 0.15) is 0 Å². The molecule has 2 aromatic rings. The van der Waals surface area contributed by atoms with Crippen molar-refractivity contribution in [3.63, 3.8) is 0 Å². The number of benzene rings is 1. The van der Waals surface area contributed by atoms with Gasteiger partial charge in [0.2, 0.25) is 11.8 Å². The monoisotopic (exact) mass is 467 g/mol. The van der Waals surface area contributed by atoms with Gasteiger partial charge in [0.15, 0.2) is 5.13 Å². The van der Waals surface area contributed by atoms with Crippen LogP contribution in [0.1, 0.15) is 40.0 Å². The maximum atomic E-state index is 12.7. The molecule has 2 amide bonds. The number of nitrogens with one attached hydrogen (secondary N) is 2. The van der Waals surface area contributed by atoms with Crippen molar-refractivity contribution < 1.29 is 18.0 Å². The van der Waals surface area contributed by atoms with E-state index in [1.165, 1.54) is 19.9 Å². The first kappa shape index (κ1) is 23.6. The molecule has 0 unspecified atom stereocenters. The number of nitrogens with zero attached hydrogens (tertiary/aromatic N) is 3. The lowest BCUT2D eigenvalue weighted by Crippen LogP contribution is -2.48. The molecule has 11 heteroatoms. The summed E-state index contributed by atoms with van der Waals surface area (Å²) in [5, 5.41) is 6.21. The number of piperidine rings is 1. The van der Waals surface area contributed by atoms with E-state index >= 15 is 0 Å². The molecule has 1 aromatic heterocycles. The Morgan fingerprint density at radius 2 is 1.84 bits per heavy atom. The molecule has 3 rings (SSSR count). The number of rotatable bonds is 8. The number of hydrogen-bond donors (Lipinski definition) is 2. The molecule has 0 bridgehead atoms. The minimum absolute atomic E-state index is 0.0954. The summed E-state index contributed by atoms with van der Waals surface area (Å²) in [6.07, 6.45) is 1.35. The van der Waals surface area contributed by atoms with Gasteiger partial charge in [-0.2, -0.15) is 17.0 Å². The third-order valence-corrected chi connectivity index (χ3v) is 8.54. The number of amides is 2. The zero-order valence-electron chi connectivity index (χ0n) is 18.1. The van der Waals surface area contributed by atoms with Gasteiger partial charge in [-0.05, 0) is 31.0 Å². The molecule has 0 spiro atoms. The van der Waals surface area contributed by atoms with Crippen LogP contribution in [0.3, 0.4) is 0 Å². The standard InChI is InChI=1S/C20H29N5O4S2/c1-4-18(26)23-20-22-16-13-15(7-8-17(16)30-20)21-19(27)14-9-11-25(12-10-14)31(28,29)24(5-2)6-3/h7-8,13-14H,4-6,9-12H2,1-3H3,(H,21,27)(H,22,23,26). The second-order valence-electron chi connectivity index (χ2n) is 7.36. The fraction of sp³-hybridized carbons (Fsp3) is 0.550. The molecule has 0 atom stereocenters. The Labute approximate surface area is 187 Å². The Balaban J connectivity index is 1.61. The van der Waals surface area contributed by atoms with E-state index in [1.807, 2.05) is 26.0 Å². The van der Waals surface area contributed by atoms with Crippen molar-refractivity contribution in [3.05, 3.63) is 18.2 Å². The van der Waals surface area contributed by atoms with Crippen LogP contribution in [0, 0.1) is 5.92 Å². The van der Waals surface area contributed by atoms with E-state index in [2.05, 4.69) is 15.6 Å². The van der Waals surface area contributed by atoms with Crippen LogP contribution < -0.4 is 10.6 Å². The molecular weight excluding hydrogens is 438 g/mol. The van der Waals surface area contributed by atoms with Gasteiger partial charge in [-0.1, -0.05) is 32.1 Å². The molecule has 9 nitrogen and oxygen atoms in total. The summed E-state index contributed by atoms with van der Waals surface area (Å²) in [5.41, 5.74) is 1.34. The second-order valence-corrected chi connectivity index (χ2v) is 10.3. The highest BCUT2D eigenvalue weighted by Gasteiger charge is 2.33. The van der Waals surface area contributed by atoms with E-state index in [4.69, 9.17) is 0 Å². The van der Waals surface area contributed by atoms with Gasteiger partial charge < -0.3 is 10.6 Å². The molecule has 0 aliphatic carbocycles. The average molecular weight is 468 g/mol. The lowest BCUT2D eigenvalue weighted by molar-refractivity contribution is -0.121. The molecule has 31 heavy (non-hydrogen) atoms. The topological polar surface area (TPSA) is 112 Å². The van der Waals surface area contributed by atoms with E-state index in [-0.39, 0.29) is 17.7 Å². The fourth-order valence-electron chi connectivity index (χ4n) is 3.57. The van der Waals surface area contributed by atoms with Gasteiger partial charge in [-0.25, -0.2) is 4.98 Å². The van der Waals surface area contributed by atoms with Gasteiger partial charge in [0.05, 0.1) is 10.2 Å². The third-order valence-electron chi connectivity index (χ3n) is 5.41. The zero-order valence-corrected chi connectivity index (χ0v) is 19.7. The number of fused-ring (bicyclic) bond motifs is 1. The first-order chi connectivity index (χ1) is 14.8. The molecule has 0 saturated carbocycles. The van der Waals surface area contributed by atoms with Gasteiger partial charge in [0.25, 0.3) is 10.2 Å². The van der Waals surface area contributed by atoms with Crippen LogP contribution in [-0.2, 0) is 19.8 Å². The van der Waals surface area contributed by atoms with E-state index in [0.29, 0.717) is 61.8 Å². The van der Waals surface area contributed by atoms with Crippen LogP contribution in [0.25, 0.3) is 10.2 Å². The quantitative estimate of drug-likeness (QED) is 0.620. The highest BCUT2D eigenvalue weighted by Crippen LogP contribution is 2.29. The summed E-state index contributed by atoms with van der Waals surface area (Å²) >= 11 is 1.38. The Morgan fingerprint density at radius 3 is 2.45 bits per heavy atom. The smallest absolute Gasteiger partial charge is 0.281 e. The first-order valence-electron chi connectivity index (χ1n) is 10.5. The number of thiazole rings is 1. The van der Waals surface area contributed by atoms with Crippen molar-refractivity contribution in [1.29, 1.82) is 0 Å². The van der Waals surface area contributed by atoms with E-state index < -0.39 is 10.2 Å². The van der Waals surface area contributed by atoms with Crippen LogP contribution in [0.15, 0.2) is 18.2 Å². The largest absolute Gasteiger partial charge is 0.326 e. The Hall–Kier alpha value is -2.08. The fourth-order valence-corrected chi connectivity index (χ4v) is 6.09. The maximum absolute atomic E-state index is 12.7. The van der Waals surface area contributed by atoms with Crippen molar-refractivity contribution >= 4 is 54.4 Å². The predicted molar refractivity (Wildman–Crippen MR) is 123 cm³/mol. The number of aromatic nitrogens is 1. The van der Waals surface area contributed by atoms with Crippen molar-refractivity contribution in [2.45, 2.75) is 40.0 Å². The summed E-state index contributed by atoms with van der Waals surface area (Å²) < 4.78 is 29.1. The first-order valence-corrected chi connectivity index (χ1v) is 12.8. The van der Waals surface area contributed by atoms with E-state index in [0.717, 1.165) is 4.70 Å². The van der Waals surface area contributed by atoms with Crippen LogP contribution in [0.5, 0.6) is 0 Å². The van der Waals surface area contributed by atoms with Crippen LogP contribution in [0.2, 0.25) is 0 Å². The highest BCUT2D eigenvalue weighted by atomic mass is 32.2. The summed E-state index contributed by atoms with van der Waals surface area (Å²) in [6, 6.07) is 5.46. The lowest BCUT2D eigenvalue weighted by Gasteiger charge is -2.33. The molecule has 1 aliphatic heterocycles. The molecule has 1 aromatic carbocycles. The van der Waals surface area contributed by atoms with Crippen LogP contribution >= 0.6 is 11.3 Å². The van der Waals surface area contributed by atoms with Gasteiger partial charge >= 0.3 is 0 Å². The van der Waals surface area contributed by atoms with Gasteiger partial charge in [-0.15, -0.1) is 0 Å². The summed E-state index contributed by atoms with van der Waals surface area (Å²) in [5.74, 6) is -0.454. The highest BCUT2D eigenvalue weighted by molar-refractivity contribution is 7.86. The molecule has 0 radical (unpaired) electrons. The second kappa shape index (κ2) is 10.0. The molecular formula is C20H29N5O4S2. The minimum atomic E-state index is -3.47. The minimum Gasteiger partial charge on any atom is -0.326 e. The summed E-state index contributed by atoms with van der Waals surface area (Å²) in [6.45, 7) is 6.96. The van der Waals surface area contributed by atoms with E-state index in [1.54, 1.807) is 13.0 Å². The molecule has 1 fully saturated rings. The maximum Gasteiger partial charge on any atom is 0.281 e. The van der Waals surface area contributed by atoms with Crippen molar-refractivity contribution in [2.24, 2.45) is 5.92 Å². The molecule has 2 heterocycles. The summed E-state index contributed by atoms with van der Waals surface area (Å²) in [4.78, 5) is 28.7. The SMILES string of the molecule is CCC(=O)Nc1nc2cc(NC(=O)C3CCN(S(=O)(=O)N(CC)CC)CC3)ccc2s1. The molecule has 1 aliphatic rings. The normalized spacial score (nSPS) is 16.0. The van der Waals surface area contributed by atoms with Gasteiger partial charge in [-0.3, -0.25) is 9.59 Å². The number of anilines is 2. The van der Waals surface area contributed by atoms with Crippen molar-refractivity contribution in [1.82, 2.24) is 13.6 Å². The van der Waals surface area contributed by atoms with Gasteiger partial charge in [0, 0.05) is 44.2 Å². The molecule has 1 saturated heterocycles. The Morgan fingerprint density at radius 1 is 1.16 bits per heavy atom. The van der Waals surface area contributed by atoms with E-state index in [9.17, 15) is 18.0 Å². The number of carbonyl (C=O) groups excluding carboxylic acids is 2. The zero-order chi connectivity index (χ0) is 22.6. The van der Waals surface area contributed by atoms with Crippen LogP contribution in [-0.4, -0.2) is 60.0 Å². The molecule has 170 valence electrons.